The van der Waals surface area contributed by atoms with Crippen LogP contribution < -0.4 is 4.74 Å². The van der Waals surface area contributed by atoms with Gasteiger partial charge in [0, 0.05) is 5.56 Å². The quantitative estimate of drug-likeness (QED) is 0.754. The average molecular weight is 248 g/mol. The van der Waals surface area contributed by atoms with Gasteiger partial charge in [-0.1, -0.05) is 32.1 Å². The summed E-state index contributed by atoms with van der Waals surface area (Å²) in [4.78, 5) is 11.6. The van der Waals surface area contributed by atoms with Crippen LogP contribution in [0.15, 0.2) is 24.3 Å². The molecule has 1 aromatic carbocycles. The molecule has 0 N–H and O–H groups in total. The highest BCUT2D eigenvalue weighted by molar-refractivity contribution is 6.17. The molecule has 0 amide bonds. The minimum atomic E-state index is -0.283. The first kappa shape index (κ1) is 14.3. The summed E-state index contributed by atoms with van der Waals surface area (Å²) in [5, 5.41) is 0. The fourth-order valence-corrected chi connectivity index (χ4v) is 2.04. The van der Waals surface area contributed by atoms with Gasteiger partial charge in [-0.25, -0.2) is 4.79 Å². The van der Waals surface area contributed by atoms with E-state index in [2.05, 4.69) is 0 Å². The lowest BCUT2D eigenvalue weighted by Crippen LogP contribution is -2.10. The molecular formula is C15H20O3. The molecule has 0 saturated carbocycles. The molecule has 3 nitrogen and oxygen atoms in total. The number of fused-ring (bicyclic) bond motifs is 1. The first-order valence-electron chi connectivity index (χ1n) is 6.22. The Kier molecular flexibility index (Phi) is 5.43. The third kappa shape index (κ3) is 2.73. The smallest absolute Gasteiger partial charge is 0.338 e. The van der Waals surface area contributed by atoms with Gasteiger partial charge in [0.05, 0.1) is 19.8 Å². The van der Waals surface area contributed by atoms with E-state index in [-0.39, 0.29) is 5.97 Å². The van der Waals surface area contributed by atoms with E-state index in [9.17, 15) is 4.79 Å². The summed E-state index contributed by atoms with van der Waals surface area (Å²) in [6.07, 6.45) is 3.67. The molecule has 18 heavy (non-hydrogen) atoms. The molecule has 0 unspecified atom stereocenters. The van der Waals surface area contributed by atoms with E-state index in [1.54, 1.807) is 7.11 Å². The highest BCUT2D eigenvalue weighted by Gasteiger charge is 2.21. The molecule has 0 heterocycles. The van der Waals surface area contributed by atoms with E-state index in [1.807, 2.05) is 38.1 Å². The Labute approximate surface area is 108 Å². The molecule has 0 aromatic heterocycles. The van der Waals surface area contributed by atoms with Gasteiger partial charge in [0.25, 0.3) is 0 Å². The fraction of sp³-hybridized carbons (Fsp3) is 0.400. The summed E-state index contributed by atoms with van der Waals surface area (Å²) in [5.41, 5.74) is 2.66. The zero-order valence-corrected chi connectivity index (χ0v) is 11.4. The molecule has 0 fully saturated rings. The Bertz CT molecular complexity index is 447. The van der Waals surface area contributed by atoms with Crippen molar-refractivity contribution in [3.8, 4) is 5.75 Å². The third-order valence-corrected chi connectivity index (χ3v) is 2.79. The number of methoxy groups -OCH3 is 2. The van der Waals surface area contributed by atoms with E-state index >= 15 is 0 Å². The largest absolute Gasteiger partial charge is 0.496 e. The van der Waals surface area contributed by atoms with Crippen molar-refractivity contribution < 1.29 is 14.3 Å². The van der Waals surface area contributed by atoms with Crippen molar-refractivity contribution in [2.75, 3.05) is 14.2 Å². The molecule has 3 heteroatoms. The van der Waals surface area contributed by atoms with Gasteiger partial charge in [0.2, 0.25) is 0 Å². The molecule has 0 aliphatic heterocycles. The predicted octanol–water partition coefficient (Wildman–Crippen LogP) is 3.22. The van der Waals surface area contributed by atoms with Gasteiger partial charge in [-0.05, 0) is 24.5 Å². The number of benzene rings is 1. The van der Waals surface area contributed by atoms with Gasteiger partial charge in [-0.2, -0.15) is 0 Å². The Morgan fingerprint density at radius 2 is 1.94 bits per heavy atom. The van der Waals surface area contributed by atoms with Crippen LogP contribution in [0, 0.1) is 0 Å². The summed E-state index contributed by atoms with van der Waals surface area (Å²) in [6, 6.07) is 5.73. The van der Waals surface area contributed by atoms with E-state index in [0.29, 0.717) is 5.57 Å². The minimum absolute atomic E-state index is 0.283. The normalized spacial score (nSPS) is 12.6. The highest BCUT2D eigenvalue weighted by Crippen LogP contribution is 2.33. The number of rotatable bonds is 2. The zero-order valence-electron chi connectivity index (χ0n) is 11.4. The number of esters is 1. The SMILES string of the molecule is CC.COC(=O)C1=CCCc2c(OC)cccc21. The maximum Gasteiger partial charge on any atom is 0.338 e. The predicted molar refractivity (Wildman–Crippen MR) is 72.7 cm³/mol. The summed E-state index contributed by atoms with van der Waals surface area (Å²) in [7, 11) is 3.05. The number of carbonyl (C=O) groups excluding carboxylic acids is 1. The van der Waals surface area contributed by atoms with Crippen molar-refractivity contribution in [1.29, 1.82) is 0 Å². The van der Waals surface area contributed by atoms with Crippen LogP contribution >= 0.6 is 0 Å². The van der Waals surface area contributed by atoms with Gasteiger partial charge in [0.1, 0.15) is 5.75 Å². The summed E-state index contributed by atoms with van der Waals surface area (Å²) < 4.78 is 10.1. The third-order valence-electron chi connectivity index (χ3n) is 2.79. The maximum absolute atomic E-state index is 11.6. The molecule has 0 saturated heterocycles. The lowest BCUT2D eigenvalue weighted by atomic mass is 9.90. The van der Waals surface area contributed by atoms with Gasteiger partial charge < -0.3 is 9.47 Å². The highest BCUT2D eigenvalue weighted by atomic mass is 16.5. The summed E-state index contributed by atoms with van der Waals surface area (Å²) in [6.45, 7) is 4.00. The second-order valence-corrected chi connectivity index (χ2v) is 3.63. The molecule has 1 aliphatic carbocycles. The Morgan fingerprint density at radius 1 is 1.22 bits per heavy atom. The summed E-state index contributed by atoms with van der Waals surface area (Å²) >= 11 is 0. The summed E-state index contributed by atoms with van der Waals surface area (Å²) in [5.74, 6) is 0.557. The van der Waals surface area contributed by atoms with Crippen molar-refractivity contribution in [2.45, 2.75) is 26.7 Å². The average Bonchev–Trinajstić information content (AvgIpc) is 2.47. The zero-order chi connectivity index (χ0) is 13.5. The molecule has 1 aromatic rings. The van der Waals surface area contributed by atoms with Crippen molar-refractivity contribution in [3.63, 3.8) is 0 Å². The first-order valence-corrected chi connectivity index (χ1v) is 6.22. The first-order chi connectivity index (χ1) is 8.77. The lowest BCUT2D eigenvalue weighted by Gasteiger charge is -2.18. The van der Waals surface area contributed by atoms with E-state index < -0.39 is 0 Å². The van der Waals surface area contributed by atoms with Gasteiger partial charge in [0.15, 0.2) is 0 Å². The molecule has 0 bridgehead atoms. The Balaban J connectivity index is 0.000000771. The molecule has 2 rings (SSSR count). The van der Waals surface area contributed by atoms with Crippen LogP contribution in [0.2, 0.25) is 0 Å². The minimum Gasteiger partial charge on any atom is -0.496 e. The van der Waals surface area contributed by atoms with Crippen molar-refractivity contribution >= 4 is 11.5 Å². The number of hydrogen-bond donors (Lipinski definition) is 0. The monoisotopic (exact) mass is 248 g/mol. The molecule has 0 spiro atoms. The maximum atomic E-state index is 11.6. The van der Waals surface area contributed by atoms with Gasteiger partial charge in [-0.3, -0.25) is 0 Å². The van der Waals surface area contributed by atoms with Crippen molar-refractivity contribution in [2.24, 2.45) is 0 Å². The van der Waals surface area contributed by atoms with E-state index in [0.717, 1.165) is 29.7 Å². The topological polar surface area (TPSA) is 35.5 Å². The van der Waals surface area contributed by atoms with Crippen LogP contribution in [-0.2, 0) is 16.0 Å². The van der Waals surface area contributed by atoms with Crippen LogP contribution in [0.25, 0.3) is 5.57 Å². The van der Waals surface area contributed by atoms with Gasteiger partial charge in [-0.15, -0.1) is 0 Å². The Morgan fingerprint density at radius 3 is 2.56 bits per heavy atom. The molecular weight excluding hydrogens is 228 g/mol. The molecule has 0 radical (unpaired) electrons. The van der Waals surface area contributed by atoms with E-state index in [1.165, 1.54) is 7.11 Å². The number of carbonyl (C=O) groups is 1. The molecule has 98 valence electrons. The second kappa shape index (κ2) is 6.84. The number of hydrogen-bond acceptors (Lipinski definition) is 3. The van der Waals surface area contributed by atoms with Crippen LogP contribution in [0.3, 0.4) is 0 Å². The molecule has 1 aliphatic rings. The Hall–Kier alpha value is -1.77. The molecule has 0 atom stereocenters. The lowest BCUT2D eigenvalue weighted by molar-refractivity contribution is -0.133. The number of ether oxygens (including phenoxy) is 2. The second-order valence-electron chi connectivity index (χ2n) is 3.63. The van der Waals surface area contributed by atoms with Crippen molar-refractivity contribution in [3.05, 3.63) is 35.4 Å². The van der Waals surface area contributed by atoms with Crippen LogP contribution in [-0.4, -0.2) is 20.2 Å². The van der Waals surface area contributed by atoms with Crippen molar-refractivity contribution in [1.82, 2.24) is 0 Å². The van der Waals surface area contributed by atoms with Gasteiger partial charge >= 0.3 is 5.97 Å². The number of allylic oxidation sites excluding steroid dienone is 1. The standard InChI is InChI=1S/C13H14O3.C2H6/c1-15-12-8-4-5-9-10(12)6-3-7-11(9)13(14)16-2;1-2/h4-5,7-8H,3,6H2,1-2H3;1-2H3. The van der Waals surface area contributed by atoms with E-state index in [4.69, 9.17) is 9.47 Å². The van der Waals surface area contributed by atoms with Crippen LogP contribution in [0.1, 0.15) is 31.4 Å². The van der Waals surface area contributed by atoms with Crippen LogP contribution in [0.4, 0.5) is 0 Å². The van der Waals surface area contributed by atoms with Crippen LogP contribution in [0.5, 0.6) is 5.75 Å². The fourth-order valence-electron chi connectivity index (χ4n) is 2.04.